The van der Waals surface area contributed by atoms with Gasteiger partial charge in [-0.3, -0.25) is 20.4 Å². The van der Waals surface area contributed by atoms with Gasteiger partial charge < -0.3 is 9.47 Å². The molecule has 2 amide bonds. The lowest BCUT2D eigenvalue weighted by Crippen LogP contribution is -2.43. The molecule has 0 fully saturated rings. The summed E-state index contributed by atoms with van der Waals surface area (Å²) in [6.45, 7) is 4.26. The molecule has 3 rings (SSSR count). The highest BCUT2D eigenvalue weighted by atomic mass is 16.5. The van der Waals surface area contributed by atoms with Crippen LogP contribution in [-0.2, 0) is 11.2 Å². The summed E-state index contributed by atoms with van der Waals surface area (Å²) >= 11 is 0. The van der Waals surface area contributed by atoms with Crippen molar-refractivity contribution in [3.05, 3.63) is 95.1 Å². The van der Waals surface area contributed by atoms with Crippen LogP contribution in [0.4, 0.5) is 0 Å². The lowest BCUT2D eigenvalue weighted by Gasteiger charge is -2.12. The number of hydrazine groups is 1. The minimum Gasteiger partial charge on any atom is -0.493 e. The molecule has 0 radical (unpaired) electrons. The second-order valence-corrected chi connectivity index (χ2v) is 7.10. The molecule has 6 nitrogen and oxygen atoms in total. The number of aryl methyl sites for hydroxylation is 1. The highest BCUT2D eigenvalue weighted by Gasteiger charge is 2.09. The maximum Gasteiger partial charge on any atom is 0.276 e. The first-order valence-electron chi connectivity index (χ1n) is 10.1. The minimum atomic E-state index is -0.449. The van der Waals surface area contributed by atoms with E-state index in [-0.39, 0.29) is 6.61 Å². The van der Waals surface area contributed by atoms with Gasteiger partial charge in [0.05, 0.1) is 6.61 Å². The van der Waals surface area contributed by atoms with Gasteiger partial charge in [0.25, 0.3) is 11.8 Å². The highest BCUT2D eigenvalue weighted by molar-refractivity contribution is 5.95. The Balaban J connectivity index is 1.40. The van der Waals surface area contributed by atoms with Gasteiger partial charge in [0, 0.05) is 12.0 Å². The Hall–Kier alpha value is -3.80. The van der Waals surface area contributed by atoms with Crippen LogP contribution in [0, 0.1) is 13.8 Å². The standard InChI is InChI=1S/C25H26N2O4/c1-18-7-6-10-23(19(18)2)31-17-24(28)26-27-25(29)21-11-13-22(14-12-21)30-16-15-20-8-4-3-5-9-20/h3-14H,15-17H2,1-2H3,(H,26,28)(H,27,29). The van der Waals surface area contributed by atoms with E-state index in [4.69, 9.17) is 9.47 Å². The molecule has 0 aliphatic heterocycles. The van der Waals surface area contributed by atoms with E-state index in [0.717, 1.165) is 17.5 Å². The third-order valence-electron chi connectivity index (χ3n) is 4.85. The first kappa shape index (κ1) is 21.9. The summed E-state index contributed by atoms with van der Waals surface area (Å²) in [7, 11) is 0. The number of nitrogens with one attached hydrogen (secondary N) is 2. The predicted octanol–water partition coefficient (Wildman–Crippen LogP) is 3.76. The Kier molecular flexibility index (Phi) is 7.65. The Morgan fingerprint density at radius 3 is 2.29 bits per heavy atom. The van der Waals surface area contributed by atoms with Crippen LogP contribution >= 0.6 is 0 Å². The molecule has 0 aromatic heterocycles. The van der Waals surface area contributed by atoms with E-state index in [1.807, 2.05) is 44.2 Å². The summed E-state index contributed by atoms with van der Waals surface area (Å²) in [6.07, 6.45) is 0.805. The number of carbonyl (C=O) groups excluding carboxylic acids is 2. The van der Waals surface area contributed by atoms with E-state index in [9.17, 15) is 9.59 Å². The van der Waals surface area contributed by atoms with Crippen molar-refractivity contribution in [2.24, 2.45) is 0 Å². The molecule has 0 heterocycles. The van der Waals surface area contributed by atoms with Crippen LogP contribution in [0.15, 0.2) is 72.8 Å². The molecule has 6 heteroatoms. The van der Waals surface area contributed by atoms with Gasteiger partial charge in [-0.05, 0) is 60.9 Å². The quantitative estimate of drug-likeness (QED) is 0.546. The summed E-state index contributed by atoms with van der Waals surface area (Å²) in [5.74, 6) is 0.453. The van der Waals surface area contributed by atoms with Crippen LogP contribution in [0.1, 0.15) is 27.0 Å². The van der Waals surface area contributed by atoms with Gasteiger partial charge in [0.2, 0.25) is 0 Å². The minimum absolute atomic E-state index is 0.196. The van der Waals surface area contributed by atoms with Crippen molar-refractivity contribution < 1.29 is 19.1 Å². The molecule has 31 heavy (non-hydrogen) atoms. The van der Waals surface area contributed by atoms with Crippen LogP contribution in [0.3, 0.4) is 0 Å². The van der Waals surface area contributed by atoms with Crippen molar-refractivity contribution in [3.8, 4) is 11.5 Å². The van der Waals surface area contributed by atoms with Crippen molar-refractivity contribution >= 4 is 11.8 Å². The SMILES string of the molecule is Cc1cccc(OCC(=O)NNC(=O)c2ccc(OCCc3ccccc3)cc2)c1C. The molecule has 3 aromatic carbocycles. The number of ether oxygens (including phenoxy) is 2. The van der Waals surface area contributed by atoms with E-state index in [1.54, 1.807) is 30.3 Å². The topological polar surface area (TPSA) is 76.7 Å². The van der Waals surface area contributed by atoms with Gasteiger partial charge in [0.1, 0.15) is 11.5 Å². The van der Waals surface area contributed by atoms with Gasteiger partial charge in [-0.15, -0.1) is 0 Å². The average molecular weight is 418 g/mol. The number of carbonyl (C=O) groups is 2. The van der Waals surface area contributed by atoms with Gasteiger partial charge in [-0.25, -0.2) is 0 Å². The zero-order valence-corrected chi connectivity index (χ0v) is 17.7. The van der Waals surface area contributed by atoms with Gasteiger partial charge in [-0.2, -0.15) is 0 Å². The van der Waals surface area contributed by atoms with Crippen molar-refractivity contribution in [1.29, 1.82) is 0 Å². The summed E-state index contributed by atoms with van der Waals surface area (Å²) < 4.78 is 11.2. The molecule has 0 spiro atoms. The van der Waals surface area contributed by atoms with Crippen LogP contribution in [0.2, 0.25) is 0 Å². The van der Waals surface area contributed by atoms with Gasteiger partial charge in [-0.1, -0.05) is 42.5 Å². The number of hydrogen-bond donors (Lipinski definition) is 2. The molecule has 0 unspecified atom stereocenters. The molecule has 160 valence electrons. The zero-order valence-electron chi connectivity index (χ0n) is 17.7. The molecule has 2 N–H and O–H groups in total. The van der Waals surface area contributed by atoms with Crippen molar-refractivity contribution in [3.63, 3.8) is 0 Å². The van der Waals surface area contributed by atoms with Crippen molar-refractivity contribution in [2.75, 3.05) is 13.2 Å². The fourth-order valence-electron chi connectivity index (χ4n) is 2.89. The molecule has 0 saturated heterocycles. The third-order valence-corrected chi connectivity index (χ3v) is 4.85. The maximum atomic E-state index is 12.2. The Morgan fingerprint density at radius 2 is 1.55 bits per heavy atom. The molecule has 0 aliphatic rings. The fraction of sp³-hybridized carbons (Fsp3) is 0.200. The molecular formula is C25H26N2O4. The van der Waals surface area contributed by atoms with Crippen LogP contribution in [-0.4, -0.2) is 25.0 Å². The maximum absolute atomic E-state index is 12.2. The second-order valence-electron chi connectivity index (χ2n) is 7.10. The van der Waals surface area contributed by atoms with E-state index in [1.165, 1.54) is 5.56 Å². The van der Waals surface area contributed by atoms with E-state index < -0.39 is 11.8 Å². The van der Waals surface area contributed by atoms with Crippen LogP contribution < -0.4 is 20.3 Å². The van der Waals surface area contributed by atoms with E-state index in [2.05, 4.69) is 23.0 Å². The van der Waals surface area contributed by atoms with Crippen LogP contribution in [0.5, 0.6) is 11.5 Å². The summed E-state index contributed by atoms with van der Waals surface area (Å²) in [5.41, 5.74) is 8.42. The number of benzene rings is 3. The van der Waals surface area contributed by atoms with Crippen molar-refractivity contribution in [2.45, 2.75) is 20.3 Å². The van der Waals surface area contributed by atoms with Gasteiger partial charge >= 0.3 is 0 Å². The molecule has 0 saturated carbocycles. The second kappa shape index (κ2) is 10.8. The zero-order chi connectivity index (χ0) is 22.1. The van der Waals surface area contributed by atoms with Gasteiger partial charge in [0.15, 0.2) is 6.61 Å². The van der Waals surface area contributed by atoms with Crippen LogP contribution in [0.25, 0.3) is 0 Å². The molecule has 0 aliphatic carbocycles. The van der Waals surface area contributed by atoms with E-state index in [0.29, 0.717) is 23.7 Å². The smallest absolute Gasteiger partial charge is 0.276 e. The summed E-state index contributed by atoms with van der Waals surface area (Å²) in [6, 6.07) is 22.5. The van der Waals surface area contributed by atoms with E-state index >= 15 is 0 Å². The fourth-order valence-corrected chi connectivity index (χ4v) is 2.89. The Morgan fingerprint density at radius 1 is 0.806 bits per heavy atom. The molecule has 0 atom stereocenters. The lowest BCUT2D eigenvalue weighted by molar-refractivity contribution is -0.123. The number of rotatable bonds is 8. The first-order valence-corrected chi connectivity index (χ1v) is 10.1. The largest absolute Gasteiger partial charge is 0.493 e. The number of amides is 2. The monoisotopic (exact) mass is 418 g/mol. The lowest BCUT2D eigenvalue weighted by atomic mass is 10.1. The normalized spacial score (nSPS) is 10.3. The Labute approximate surface area is 182 Å². The molecule has 3 aromatic rings. The first-order chi connectivity index (χ1) is 15.0. The Bertz CT molecular complexity index is 1020. The molecule has 0 bridgehead atoms. The highest BCUT2D eigenvalue weighted by Crippen LogP contribution is 2.20. The molecular weight excluding hydrogens is 392 g/mol. The number of hydrogen-bond acceptors (Lipinski definition) is 4. The average Bonchev–Trinajstić information content (AvgIpc) is 2.79. The summed E-state index contributed by atoms with van der Waals surface area (Å²) in [4.78, 5) is 24.2. The predicted molar refractivity (Wildman–Crippen MR) is 119 cm³/mol. The van der Waals surface area contributed by atoms with Crippen molar-refractivity contribution in [1.82, 2.24) is 10.9 Å². The summed E-state index contributed by atoms with van der Waals surface area (Å²) in [5, 5.41) is 0. The third kappa shape index (κ3) is 6.60.